The van der Waals surface area contributed by atoms with E-state index in [1.165, 1.54) is 0 Å². The summed E-state index contributed by atoms with van der Waals surface area (Å²) in [6, 6.07) is 6.47. The minimum absolute atomic E-state index is 0.0396. The number of nitrogens with one attached hydrogen (secondary N) is 1. The third kappa shape index (κ3) is 4.04. The van der Waals surface area contributed by atoms with E-state index in [0.29, 0.717) is 18.0 Å². The maximum atomic E-state index is 12.4. The molecule has 1 fully saturated rings. The average Bonchev–Trinajstić information content (AvgIpc) is 2.58. The summed E-state index contributed by atoms with van der Waals surface area (Å²) in [5, 5.41) is 2.68. The first-order valence-electron chi connectivity index (χ1n) is 8.01. The summed E-state index contributed by atoms with van der Waals surface area (Å²) in [7, 11) is 1.56. The summed E-state index contributed by atoms with van der Waals surface area (Å²) in [4.78, 5) is 39.3. The maximum Gasteiger partial charge on any atom is 0.327 e. The zero-order chi connectivity index (χ0) is 17.7. The van der Waals surface area contributed by atoms with Gasteiger partial charge >= 0.3 is 6.03 Å². The van der Waals surface area contributed by atoms with Gasteiger partial charge in [0.2, 0.25) is 11.8 Å². The topological polar surface area (TPSA) is 79.0 Å². The standard InChI is InChI=1S/C17H23N3O4/c1-4-12(2)19-10-9-16(22)20(17(19)23)11-15(21)18-13-5-7-14(24-3)8-6-13/h5-8,12H,4,9-11H2,1-3H3,(H,18,21)/t12-/m1/s1. The van der Waals surface area contributed by atoms with Crippen molar-refractivity contribution < 1.29 is 19.1 Å². The molecule has 130 valence electrons. The van der Waals surface area contributed by atoms with Crippen molar-refractivity contribution in [3.8, 4) is 5.75 Å². The lowest BCUT2D eigenvalue weighted by atomic mass is 10.1. The molecule has 1 aliphatic heterocycles. The Hall–Kier alpha value is -2.57. The zero-order valence-electron chi connectivity index (χ0n) is 14.2. The van der Waals surface area contributed by atoms with Gasteiger partial charge in [-0.1, -0.05) is 6.92 Å². The molecule has 2 rings (SSSR count). The number of hydrogen-bond acceptors (Lipinski definition) is 4. The van der Waals surface area contributed by atoms with E-state index in [4.69, 9.17) is 4.74 Å². The first-order valence-corrected chi connectivity index (χ1v) is 8.01. The van der Waals surface area contributed by atoms with Crippen LogP contribution in [0.25, 0.3) is 0 Å². The monoisotopic (exact) mass is 333 g/mol. The number of ether oxygens (including phenoxy) is 1. The highest BCUT2D eigenvalue weighted by atomic mass is 16.5. The van der Waals surface area contributed by atoms with Crippen LogP contribution in [-0.4, -0.2) is 53.9 Å². The number of imide groups is 1. The summed E-state index contributed by atoms with van der Waals surface area (Å²) in [6.45, 7) is 4.04. The lowest BCUT2D eigenvalue weighted by Gasteiger charge is -2.37. The Kier molecular flexibility index (Phi) is 5.78. The molecule has 0 aliphatic carbocycles. The van der Waals surface area contributed by atoms with Crippen LogP contribution in [0, 0.1) is 0 Å². The van der Waals surface area contributed by atoms with Crippen LogP contribution in [0.1, 0.15) is 26.7 Å². The van der Waals surface area contributed by atoms with Crippen LogP contribution in [0.5, 0.6) is 5.75 Å². The molecule has 0 spiro atoms. The lowest BCUT2D eigenvalue weighted by Crippen LogP contribution is -2.56. The van der Waals surface area contributed by atoms with Crippen molar-refractivity contribution in [1.82, 2.24) is 9.80 Å². The number of rotatable bonds is 6. The van der Waals surface area contributed by atoms with Crippen LogP contribution in [0.4, 0.5) is 10.5 Å². The summed E-state index contributed by atoms with van der Waals surface area (Å²) >= 11 is 0. The Bertz CT molecular complexity index is 615. The van der Waals surface area contributed by atoms with Crippen molar-refractivity contribution in [3.05, 3.63) is 24.3 Å². The molecule has 1 heterocycles. The molecule has 7 nitrogen and oxygen atoms in total. The van der Waals surface area contributed by atoms with E-state index in [0.717, 1.165) is 11.3 Å². The van der Waals surface area contributed by atoms with Gasteiger partial charge in [0, 0.05) is 24.7 Å². The van der Waals surface area contributed by atoms with Gasteiger partial charge in [0.25, 0.3) is 0 Å². The summed E-state index contributed by atoms with van der Waals surface area (Å²) in [5.41, 5.74) is 0.580. The predicted octanol–water partition coefficient (Wildman–Crippen LogP) is 2.09. The second-order valence-corrected chi connectivity index (χ2v) is 5.74. The van der Waals surface area contributed by atoms with Crippen LogP contribution >= 0.6 is 0 Å². The molecule has 1 aliphatic rings. The maximum absolute atomic E-state index is 12.4. The molecule has 1 aromatic rings. The van der Waals surface area contributed by atoms with E-state index in [2.05, 4.69) is 5.32 Å². The van der Waals surface area contributed by atoms with Crippen LogP contribution in [0.3, 0.4) is 0 Å². The SMILES string of the molecule is CC[C@@H](C)N1CCC(=O)N(CC(=O)Nc2ccc(OC)cc2)C1=O. The largest absolute Gasteiger partial charge is 0.497 e. The smallest absolute Gasteiger partial charge is 0.327 e. The Morgan fingerprint density at radius 3 is 2.54 bits per heavy atom. The van der Waals surface area contributed by atoms with E-state index in [1.54, 1.807) is 36.3 Å². The Labute approximate surface area is 141 Å². The van der Waals surface area contributed by atoms with Crippen molar-refractivity contribution in [1.29, 1.82) is 0 Å². The third-order valence-electron chi connectivity index (χ3n) is 4.14. The number of carbonyl (C=O) groups excluding carboxylic acids is 3. The molecule has 0 saturated carbocycles. The second kappa shape index (κ2) is 7.81. The van der Waals surface area contributed by atoms with Crippen LogP contribution in [-0.2, 0) is 9.59 Å². The van der Waals surface area contributed by atoms with E-state index in [9.17, 15) is 14.4 Å². The Balaban J connectivity index is 2.00. The van der Waals surface area contributed by atoms with E-state index < -0.39 is 11.9 Å². The molecule has 7 heteroatoms. The van der Waals surface area contributed by atoms with Crippen molar-refractivity contribution >= 4 is 23.5 Å². The third-order valence-corrected chi connectivity index (χ3v) is 4.14. The second-order valence-electron chi connectivity index (χ2n) is 5.74. The van der Waals surface area contributed by atoms with Gasteiger partial charge in [0.15, 0.2) is 0 Å². The number of benzene rings is 1. The van der Waals surface area contributed by atoms with Gasteiger partial charge in [-0.25, -0.2) is 4.79 Å². The fourth-order valence-electron chi connectivity index (χ4n) is 2.51. The number of hydrogen-bond donors (Lipinski definition) is 1. The summed E-state index contributed by atoms with van der Waals surface area (Å²) < 4.78 is 5.05. The first kappa shape index (κ1) is 17.8. The molecule has 0 unspecified atom stereocenters. The van der Waals surface area contributed by atoms with Gasteiger partial charge in [0.05, 0.1) is 7.11 Å². The van der Waals surface area contributed by atoms with E-state index in [-0.39, 0.29) is 24.9 Å². The van der Waals surface area contributed by atoms with Gasteiger partial charge in [-0.3, -0.25) is 14.5 Å². The molecule has 1 N–H and O–H groups in total. The molecule has 24 heavy (non-hydrogen) atoms. The minimum Gasteiger partial charge on any atom is -0.497 e. The van der Waals surface area contributed by atoms with E-state index in [1.807, 2.05) is 13.8 Å². The normalized spacial score (nSPS) is 16.1. The van der Waals surface area contributed by atoms with Gasteiger partial charge in [0.1, 0.15) is 12.3 Å². The highest BCUT2D eigenvalue weighted by molar-refractivity contribution is 6.02. The number of amides is 4. The lowest BCUT2D eigenvalue weighted by molar-refractivity contribution is -0.134. The van der Waals surface area contributed by atoms with Crippen molar-refractivity contribution in [2.45, 2.75) is 32.7 Å². The Morgan fingerprint density at radius 1 is 1.29 bits per heavy atom. The predicted molar refractivity (Wildman–Crippen MR) is 89.8 cm³/mol. The van der Waals surface area contributed by atoms with Gasteiger partial charge in [-0.15, -0.1) is 0 Å². The number of carbonyl (C=O) groups is 3. The quantitative estimate of drug-likeness (QED) is 0.864. The highest BCUT2D eigenvalue weighted by Crippen LogP contribution is 2.17. The fraction of sp³-hybridized carbons (Fsp3) is 0.471. The summed E-state index contributed by atoms with van der Waals surface area (Å²) in [5.74, 6) is -0.0455. The van der Waals surface area contributed by atoms with Crippen LogP contribution < -0.4 is 10.1 Å². The number of methoxy groups -OCH3 is 1. The molecule has 4 amide bonds. The summed E-state index contributed by atoms with van der Waals surface area (Å²) in [6.07, 6.45) is 1.04. The Morgan fingerprint density at radius 2 is 1.96 bits per heavy atom. The van der Waals surface area contributed by atoms with Crippen LogP contribution in [0.15, 0.2) is 24.3 Å². The van der Waals surface area contributed by atoms with Crippen molar-refractivity contribution in [2.75, 3.05) is 25.5 Å². The molecule has 1 saturated heterocycles. The van der Waals surface area contributed by atoms with Crippen molar-refractivity contribution in [3.63, 3.8) is 0 Å². The minimum atomic E-state index is -0.409. The number of urea groups is 1. The molecule has 0 radical (unpaired) electrons. The number of anilines is 1. The number of nitrogens with zero attached hydrogens (tertiary/aromatic N) is 2. The molecular weight excluding hydrogens is 310 g/mol. The zero-order valence-corrected chi connectivity index (χ0v) is 14.2. The molecule has 0 aromatic heterocycles. The van der Waals surface area contributed by atoms with Gasteiger partial charge in [-0.05, 0) is 37.6 Å². The van der Waals surface area contributed by atoms with Crippen molar-refractivity contribution in [2.24, 2.45) is 0 Å². The fourth-order valence-corrected chi connectivity index (χ4v) is 2.51. The van der Waals surface area contributed by atoms with E-state index >= 15 is 0 Å². The first-order chi connectivity index (χ1) is 11.5. The molecular formula is C17H23N3O4. The molecule has 1 aromatic carbocycles. The van der Waals surface area contributed by atoms with Crippen LogP contribution in [0.2, 0.25) is 0 Å². The van der Waals surface area contributed by atoms with Gasteiger partial charge < -0.3 is 15.0 Å². The highest BCUT2D eigenvalue weighted by Gasteiger charge is 2.35. The van der Waals surface area contributed by atoms with Gasteiger partial charge in [-0.2, -0.15) is 0 Å². The molecule has 0 bridgehead atoms. The average molecular weight is 333 g/mol. The molecule has 1 atom stereocenters.